The van der Waals surface area contributed by atoms with Crippen LogP contribution in [0.1, 0.15) is 17.0 Å². The molecule has 1 saturated heterocycles. The van der Waals surface area contributed by atoms with Crippen molar-refractivity contribution in [1.82, 2.24) is 19.0 Å². The van der Waals surface area contributed by atoms with E-state index < -0.39 is 10.0 Å². The maximum Gasteiger partial charge on any atom is 0.246 e. The number of carbonyl (C=O) groups excluding carboxylic acids is 1. The van der Waals surface area contributed by atoms with E-state index in [9.17, 15) is 13.2 Å². The average molecular weight is 467 g/mol. The molecule has 1 aromatic carbocycles. The minimum atomic E-state index is -3.56. The number of carbonyl (C=O) groups is 1. The number of hydrogen-bond donors (Lipinski definition) is 0. The van der Waals surface area contributed by atoms with Gasteiger partial charge in [-0.3, -0.25) is 9.48 Å². The van der Waals surface area contributed by atoms with Crippen LogP contribution in [0.5, 0.6) is 0 Å². The van der Waals surface area contributed by atoms with Crippen LogP contribution in [0.4, 0.5) is 0 Å². The highest BCUT2D eigenvalue weighted by atomic mass is 79.9. The monoisotopic (exact) mass is 466 g/mol. The van der Waals surface area contributed by atoms with Crippen LogP contribution in [0.3, 0.4) is 0 Å². The molecule has 1 aromatic heterocycles. The van der Waals surface area contributed by atoms with Gasteiger partial charge in [-0.15, -0.1) is 0 Å². The molecule has 1 fully saturated rings. The average Bonchev–Trinajstić information content (AvgIpc) is 2.91. The number of rotatable bonds is 4. The van der Waals surface area contributed by atoms with Gasteiger partial charge in [0.25, 0.3) is 0 Å². The molecule has 0 N–H and O–H groups in total. The summed E-state index contributed by atoms with van der Waals surface area (Å²) in [5.41, 5.74) is 2.80. The summed E-state index contributed by atoms with van der Waals surface area (Å²) >= 11 is 3.31. The second-order valence-corrected chi connectivity index (χ2v) is 9.58. The summed E-state index contributed by atoms with van der Waals surface area (Å²) in [6.07, 6.45) is 3.32. The number of halogens is 1. The number of benzene rings is 1. The van der Waals surface area contributed by atoms with Gasteiger partial charge in [0.2, 0.25) is 15.9 Å². The van der Waals surface area contributed by atoms with Crippen molar-refractivity contribution in [1.29, 1.82) is 0 Å². The molecule has 28 heavy (non-hydrogen) atoms. The lowest BCUT2D eigenvalue weighted by Crippen LogP contribution is -2.50. The number of sulfonamides is 1. The molecule has 2 heterocycles. The molecule has 0 spiro atoms. The number of aromatic nitrogens is 2. The number of amides is 1. The van der Waals surface area contributed by atoms with Crippen LogP contribution in [0, 0.1) is 13.8 Å². The molecule has 0 unspecified atom stereocenters. The fourth-order valence-electron chi connectivity index (χ4n) is 3.22. The van der Waals surface area contributed by atoms with E-state index in [-0.39, 0.29) is 23.9 Å². The zero-order valence-electron chi connectivity index (χ0n) is 16.1. The van der Waals surface area contributed by atoms with E-state index >= 15 is 0 Å². The Hall–Kier alpha value is -1.97. The summed E-state index contributed by atoms with van der Waals surface area (Å²) in [5, 5.41) is 4.34. The van der Waals surface area contributed by atoms with Crippen molar-refractivity contribution in [3.63, 3.8) is 0 Å². The molecule has 150 valence electrons. The lowest BCUT2D eigenvalue weighted by molar-refractivity contribution is -0.127. The first-order chi connectivity index (χ1) is 13.2. The molecular weight excluding hydrogens is 444 g/mol. The summed E-state index contributed by atoms with van der Waals surface area (Å²) in [6.45, 7) is 5.14. The number of nitrogens with zero attached hydrogens (tertiary/aromatic N) is 4. The highest BCUT2D eigenvalue weighted by Gasteiger charge is 2.29. The molecule has 0 radical (unpaired) electrons. The van der Waals surface area contributed by atoms with E-state index in [1.54, 1.807) is 39.9 Å². The number of piperazine rings is 1. The van der Waals surface area contributed by atoms with Crippen LogP contribution in [0.2, 0.25) is 0 Å². The minimum Gasteiger partial charge on any atom is -0.337 e. The quantitative estimate of drug-likeness (QED) is 0.648. The van der Waals surface area contributed by atoms with Crippen LogP contribution in [-0.2, 0) is 21.9 Å². The minimum absolute atomic E-state index is 0.123. The van der Waals surface area contributed by atoms with Gasteiger partial charge >= 0.3 is 0 Å². The van der Waals surface area contributed by atoms with Gasteiger partial charge in [0.1, 0.15) is 0 Å². The van der Waals surface area contributed by atoms with Crippen LogP contribution >= 0.6 is 15.9 Å². The molecule has 0 bridgehead atoms. The predicted molar refractivity (Wildman–Crippen MR) is 111 cm³/mol. The van der Waals surface area contributed by atoms with Gasteiger partial charge < -0.3 is 4.90 Å². The topological polar surface area (TPSA) is 75.5 Å². The van der Waals surface area contributed by atoms with Crippen molar-refractivity contribution in [3.8, 4) is 0 Å². The largest absolute Gasteiger partial charge is 0.337 e. The summed E-state index contributed by atoms with van der Waals surface area (Å²) in [4.78, 5) is 14.4. The summed E-state index contributed by atoms with van der Waals surface area (Å²) in [6, 6.07) is 6.66. The van der Waals surface area contributed by atoms with Gasteiger partial charge in [0.15, 0.2) is 0 Å². The van der Waals surface area contributed by atoms with Gasteiger partial charge in [0.05, 0.1) is 10.6 Å². The van der Waals surface area contributed by atoms with Gasteiger partial charge in [0, 0.05) is 55.0 Å². The lowest BCUT2D eigenvalue weighted by atomic mass is 10.2. The van der Waals surface area contributed by atoms with E-state index in [2.05, 4.69) is 21.0 Å². The molecular formula is C19H23BrN4O3S. The SMILES string of the molecule is Cc1nn(C)c(C)c1/C=C/C(=O)N1CCN(S(=O)(=O)c2cccc(Br)c2)CC1. The maximum atomic E-state index is 12.8. The van der Waals surface area contributed by atoms with Crippen molar-refractivity contribution in [2.45, 2.75) is 18.7 Å². The summed E-state index contributed by atoms with van der Waals surface area (Å²) < 4.78 is 29.5. The van der Waals surface area contributed by atoms with E-state index in [1.807, 2.05) is 20.9 Å². The summed E-state index contributed by atoms with van der Waals surface area (Å²) in [5.74, 6) is -0.123. The van der Waals surface area contributed by atoms with E-state index in [0.29, 0.717) is 17.6 Å². The molecule has 1 amide bonds. The van der Waals surface area contributed by atoms with Gasteiger partial charge in [-0.05, 0) is 38.1 Å². The lowest BCUT2D eigenvalue weighted by Gasteiger charge is -2.33. The van der Waals surface area contributed by atoms with Crippen molar-refractivity contribution >= 4 is 37.9 Å². The van der Waals surface area contributed by atoms with Crippen molar-refractivity contribution in [2.75, 3.05) is 26.2 Å². The van der Waals surface area contributed by atoms with E-state index in [0.717, 1.165) is 17.0 Å². The third-order valence-corrected chi connectivity index (χ3v) is 7.33. The number of hydrogen-bond acceptors (Lipinski definition) is 4. The van der Waals surface area contributed by atoms with E-state index in [4.69, 9.17) is 0 Å². The second-order valence-electron chi connectivity index (χ2n) is 6.73. The predicted octanol–water partition coefficient (Wildman–Crippen LogP) is 2.35. The Morgan fingerprint density at radius 2 is 1.86 bits per heavy atom. The Balaban J connectivity index is 1.65. The zero-order chi connectivity index (χ0) is 20.5. The molecule has 0 atom stereocenters. The molecule has 0 aliphatic carbocycles. The highest BCUT2D eigenvalue weighted by molar-refractivity contribution is 9.10. The Morgan fingerprint density at radius 1 is 1.18 bits per heavy atom. The first kappa shape index (κ1) is 20.8. The van der Waals surface area contributed by atoms with Crippen molar-refractivity contribution in [3.05, 3.63) is 51.8 Å². The highest BCUT2D eigenvalue weighted by Crippen LogP contribution is 2.21. The Morgan fingerprint density at radius 3 is 2.43 bits per heavy atom. The van der Waals surface area contributed by atoms with Crippen molar-refractivity contribution in [2.24, 2.45) is 7.05 Å². The zero-order valence-corrected chi connectivity index (χ0v) is 18.5. The Bertz CT molecular complexity index is 1020. The third kappa shape index (κ3) is 4.21. The van der Waals surface area contributed by atoms with Gasteiger partial charge in [-0.25, -0.2) is 8.42 Å². The normalized spacial score (nSPS) is 16.1. The molecule has 3 rings (SSSR count). The van der Waals surface area contributed by atoms with Gasteiger partial charge in [-0.1, -0.05) is 22.0 Å². The summed E-state index contributed by atoms with van der Waals surface area (Å²) in [7, 11) is -1.69. The van der Waals surface area contributed by atoms with Crippen LogP contribution in [-0.4, -0.2) is 59.5 Å². The fraction of sp³-hybridized carbons (Fsp3) is 0.368. The van der Waals surface area contributed by atoms with Crippen LogP contribution in [0.15, 0.2) is 39.7 Å². The molecule has 2 aromatic rings. The fourth-order valence-corrected chi connectivity index (χ4v) is 5.24. The second kappa shape index (κ2) is 8.18. The van der Waals surface area contributed by atoms with E-state index in [1.165, 1.54) is 10.4 Å². The molecule has 1 aliphatic heterocycles. The first-order valence-corrected chi connectivity index (χ1v) is 11.2. The standard InChI is InChI=1S/C19H23BrN4O3S/c1-14-18(15(2)22(3)21-14)7-8-19(25)23-9-11-24(12-10-23)28(26,27)17-6-4-5-16(20)13-17/h4-8,13H,9-12H2,1-3H3/b8-7+. The van der Waals surface area contributed by atoms with Crippen LogP contribution in [0.25, 0.3) is 6.08 Å². The van der Waals surface area contributed by atoms with Gasteiger partial charge in [-0.2, -0.15) is 9.40 Å². The first-order valence-electron chi connectivity index (χ1n) is 8.93. The van der Waals surface area contributed by atoms with Crippen LogP contribution < -0.4 is 0 Å². The molecule has 1 aliphatic rings. The van der Waals surface area contributed by atoms with Crippen molar-refractivity contribution < 1.29 is 13.2 Å². The molecule has 7 nitrogen and oxygen atoms in total. The maximum absolute atomic E-state index is 12.8. The Labute approximate surface area is 173 Å². The third-order valence-electron chi connectivity index (χ3n) is 4.94. The molecule has 9 heteroatoms. The molecule has 0 saturated carbocycles. The smallest absolute Gasteiger partial charge is 0.246 e. The number of aryl methyl sites for hydroxylation is 2. The Kier molecular flexibility index (Phi) is 6.07.